The lowest BCUT2D eigenvalue weighted by atomic mass is 9.79. The van der Waals surface area contributed by atoms with E-state index in [1.807, 2.05) is 63.3 Å². The topological polar surface area (TPSA) is 157 Å². The fourth-order valence-corrected chi connectivity index (χ4v) is 6.70. The molecule has 3 aromatic carbocycles. The van der Waals surface area contributed by atoms with Gasteiger partial charge in [-0.25, -0.2) is 9.78 Å². The molecule has 0 saturated carbocycles. The van der Waals surface area contributed by atoms with Gasteiger partial charge in [-0.05, 0) is 89.5 Å². The molecule has 3 aromatic rings. The summed E-state index contributed by atoms with van der Waals surface area (Å²) in [7, 11) is 0. The summed E-state index contributed by atoms with van der Waals surface area (Å²) in [4.78, 5) is 47.1. The van der Waals surface area contributed by atoms with Crippen molar-refractivity contribution in [2.24, 2.45) is 17.0 Å². The van der Waals surface area contributed by atoms with E-state index in [2.05, 4.69) is 15.0 Å². The van der Waals surface area contributed by atoms with Crippen molar-refractivity contribution in [2.75, 3.05) is 6.61 Å². The monoisotopic (exact) mass is 697 g/mol. The number of carbonyl (C=O) groups is 2. The Morgan fingerprint density at radius 2 is 1.83 bits per heavy atom. The van der Waals surface area contributed by atoms with Crippen LogP contribution in [0.3, 0.4) is 0 Å². The number of ether oxygens (including phenoxy) is 3. The van der Waals surface area contributed by atoms with Crippen LogP contribution in [0, 0.1) is 18.8 Å². The summed E-state index contributed by atoms with van der Waals surface area (Å²) in [6.45, 7) is 6.58. The summed E-state index contributed by atoms with van der Waals surface area (Å²) in [5.74, 6) is 1.11. The van der Waals surface area contributed by atoms with Crippen LogP contribution in [0.4, 0.5) is 5.69 Å². The van der Waals surface area contributed by atoms with E-state index in [9.17, 15) is 14.4 Å². The Hall–Kier alpha value is -6.39. The molecule has 12 nitrogen and oxygen atoms in total. The standard InChI is InChI=1S/C40H35N5O7/c1-23(2)37-33-18-27(38(45(33)39(37)47)40(48)51-21-25-6-9-28(10-7-25)43-44-41)5-4-16-49-34-15-8-26(17-24(34)3)22-50-30-12-14-32-36(20-30)52-35-19-29(46)11-13-31(35)42-32/h4-15,17,19-20,23,33,37H,16,18,21-22H2,1-3H3/b5-4+/t33-,37-/m1/s1. The molecule has 0 aromatic heterocycles. The predicted molar refractivity (Wildman–Crippen MR) is 193 cm³/mol. The number of esters is 1. The van der Waals surface area contributed by atoms with Gasteiger partial charge in [-0.15, -0.1) is 0 Å². The largest absolute Gasteiger partial charge is 0.489 e. The lowest BCUT2D eigenvalue weighted by Gasteiger charge is -2.45. The van der Waals surface area contributed by atoms with Crippen LogP contribution < -0.4 is 14.9 Å². The van der Waals surface area contributed by atoms with Crippen molar-refractivity contribution < 1.29 is 28.2 Å². The minimum Gasteiger partial charge on any atom is -0.489 e. The molecule has 262 valence electrons. The van der Waals surface area contributed by atoms with Crippen LogP contribution in [0.2, 0.25) is 0 Å². The molecule has 52 heavy (non-hydrogen) atoms. The maximum atomic E-state index is 13.4. The van der Waals surface area contributed by atoms with Crippen molar-refractivity contribution in [2.45, 2.75) is 46.4 Å². The Morgan fingerprint density at radius 1 is 1.02 bits per heavy atom. The van der Waals surface area contributed by atoms with E-state index in [4.69, 9.17) is 24.2 Å². The van der Waals surface area contributed by atoms with Crippen molar-refractivity contribution in [3.05, 3.63) is 140 Å². The number of carbonyl (C=O) groups excluding carboxylic acids is 2. The number of amides is 1. The SMILES string of the molecule is Cc1cc(COc2ccc3nc4ccc(=O)cc-4oc3c2)ccc1OC/C=C/C1=C(C(=O)OCc2ccc(N=[N+]=[N-])cc2)N2C(=O)[C@H](C(C)C)[C@H]2C1. The normalized spacial score (nSPS) is 16.7. The minimum absolute atomic E-state index is 0.0107. The van der Waals surface area contributed by atoms with Crippen LogP contribution in [0.1, 0.15) is 37.0 Å². The van der Waals surface area contributed by atoms with E-state index in [1.165, 1.54) is 12.1 Å². The van der Waals surface area contributed by atoms with Crippen molar-refractivity contribution in [3.63, 3.8) is 0 Å². The molecular formula is C40H35N5O7. The maximum absolute atomic E-state index is 13.4. The Morgan fingerprint density at radius 3 is 2.60 bits per heavy atom. The molecule has 0 unspecified atom stereocenters. The first-order valence-corrected chi connectivity index (χ1v) is 16.9. The van der Waals surface area contributed by atoms with Gasteiger partial charge in [0.2, 0.25) is 5.91 Å². The smallest absolute Gasteiger partial charge is 0.355 e. The first kappa shape index (κ1) is 34.1. The molecule has 0 spiro atoms. The first-order chi connectivity index (χ1) is 25.2. The summed E-state index contributed by atoms with van der Waals surface area (Å²) in [5, 5.41) is 3.56. The molecule has 0 radical (unpaired) electrons. The van der Waals surface area contributed by atoms with Gasteiger partial charge in [0, 0.05) is 22.7 Å². The van der Waals surface area contributed by atoms with E-state index < -0.39 is 5.97 Å². The minimum atomic E-state index is -0.563. The molecular weight excluding hydrogens is 662 g/mol. The van der Waals surface area contributed by atoms with Gasteiger partial charge in [-0.2, -0.15) is 0 Å². The van der Waals surface area contributed by atoms with Crippen LogP contribution in [-0.2, 0) is 27.5 Å². The van der Waals surface area contributed by atoms with Crippen LogP contribution in [0.15, 0.2) is 117 Å². The molecule has 1 fully saturated rings. The number of hydrogen-bond donors (Lipinski definition) is 0. The number of benzene rings is 4. The Kier molecular flexibility index (Phi) is 9.47. The van der Waals surface area contributed by atoms with Crippen LogP contribution in [0.25, 0.3) is 33.0 Å². The van der Waals surface area contributed by atoms with Gasteiger partial charge in [-0.1, -0.05) is 55.4 Å². The molecule has 0 bridgehead atoms. The number of nitrogens with zero attached hydrogens (tertiary/aromatic N) is 5. The molecule has 1 amide bonds. The highest BCUT2D eigenvalue weighted by atomic mass is 16.5. The lowest BCUT2D eigenvalue weighted by Crippen LogP contribution is -2.60. The second-order valence-corrected chi connectivity index (χ2v) is 13.1. The molecule has 0 N–H and O–H groups in total. The van der Waals surface area contributed by atoms with Crippen LogP contribution in [-0.4, -0.2) is 34.4 Å². The fourth-order valence-electron chi connectivity index (χ4n) is 6.70. The lowest BCUT2D eigenvalue weighted by molar-refractivity contribution is -0.159. The van der Waals surface area contributed by atoms with Gasteiger partial charge in [0.1, 0.15) is 48.2 Å². The third kappa shape index (κ3) is 6.97. The van der Waals surface area contributed by atoms with Crippen molar-refractivity contribution >= 4 is 28.7 Å². The third-order valence-corrected chi connectivity index (χ3v) is 9.24. The van der Waals surface area contributed by atoms with Gasteiger partial charge < -0.3 is 23.5 Å². The molecule has 1 aliphatic carbocycles. The zero-order chi connectivity index (χ0) is 36.4. The van der Waals surface area contributed by atoms with E-state index in [0.29, 0.717) is 52.8 Å². The predicted octanol–water partition coefficient (Wildman–Crippen LogP) is 7.94. The number of aryl methyl sites for hydroxylation is 1. The number of allylic oxidation sites excluding steroid dienone is 1. The quantitative estimate of drug-likeness (QED) is 0.0318. The average Bonchev–Trinajstić information content (AvgIpc) is 3.45. The zero-order valence-corrected chi connectivity index (χ0v) is 28.8. The summed E-state index contributed by atoms with van der Waals surface area (Å²) in [6.07, 6.45) is 4.25. The Balaban J connectivity index is 0.981. The maximum Gasteiger partial charge on any atom is 0.355 e. The van der Waals surface area contributed by atoms with Crippen molar-refractivity contribution in [1.82, 2.24) is 9.88 Å². The molecule has 12 heteroatoms. The van der Waals surface area contributed by atoms with Crippen molar-refractivity contribution in [3.8, 4) is 23.0 Å². The first-order valence-electron chi connectivity index (χ1n) is 16.9. The number of rotatable bonds is 12. The van der Waals surface area contributed by atoms with Gasteiger partial charge in [0.25, 0.3) is 0 Å². The molecule has 3 heterocycles. The summed E-state index contributed by atoms with van der Waals surface area (Å²) in [5.41, 5.74) is 14.3. The Bertz CT molecular complexity index is 2320. The third-order valence-electron chi connectivity index (χ3n) is 9.24. The van der Waals surface area contributed by atoms with E-state index in [0.717, 1.165) is 22.3 Å². The number of β-lactam (4-membered cyclic amide) rings is 1. The highest BCUT2D eigenvalue weighted by Crippen LogP contribution is 2.46. The van der Waals surface area contributed by atoms with Crippen LogP contribution in [0.5, 0.6) is 11.5 Å². The number of azide groups is 1. The number of fused-ring (bicyclic) bond motifs is 3. The van der Waals surface area contributed by atoms with Crippen molar-refractivity contribution in [1.29, 1.82) is 0 Å². The molecule has 1 saturated heterocycles. The van der Waals surface area contributed by atoms with Gasteiger partial charge in [0.15, 0.2) is 16.8 Å². The number of hydrogen-bond acceptors (Lipinski definition) is 9. The Labute approximate surface area is 298 Å². The molecule has 4 aliphatic rings. The van der Waals surface area contributed by atoms with E-state index in [1.54, 1.807) is 41.3 Å². The summed E-state index contributed by atoms with van der Waals surface area (Å²) >= 11 is 0. The average molecular weight is 698 g/mol. The van der Waals surface area contributed by atoms with Gasteiger partial charge in [-0.3, -0.25) is 9.59 Å². The zero-order valence-electron chi connectivity index (χ0n) is 28.8. The molecule has 2 atom stereocenters. The summed E-state index contributed by atoms with van der Waals surface area (Å²) < 4.78 is 23.6. The highest BCUT2D eigenvalue weighted by Gasteiger charge is 2.55. The second kappa shape index (κ2) is 14.5. The molecule has 7 rings (SSSR count). The summed E-state index contributed by atoms with van der Waals surface area (Å²) in [6, 6.07) is 22.4. The highest BCUT2D eigenvalue weighted by molar-refractivity contribution is 6.00. The molecule has 3 aliphatic heterocycles. The van der Waals surface area contributed by atoms with E-state index >= 15 is 0 Å². The number of aromatic nitrogens is 1. The van der Waals surface area contributed by atoms with Gasteiger partial charge in [0.05, 0.1) is 12.0 Å². The van der Waals surface area contributed by atoms with E-state index in [-0.39, 0.29) is 48.1 Å². The van der Waals surface area contributed by atoms with Gasteiger partial charge >= 0.3 is 5.97 Å². The second-order valence-electron chi connectivity index (χ2n) is 13.1. The fraction of sp³-hybridized carbons (Fsp3) is 0.250. The van der Waals surface area contributed by atoms with Crippen LogP contribution >= 0.6 is 0 Å².